The minimum atomic E-state index is 0.402. The number of thiazole rings is 1. The number of amides is 1. The molecule has 1 aliphatic carbocycles. The summed E-state index contributed by atoms with van der Waals surface area (Å²) in [5.41, 5.74) is 0. The lowest BCUT2D eigenvalue weighted by Gasteiger charge is -2.33. The summed E-state index contributed by atoms with van der Waals surface area (Å²) in [6, 6.07) is 0.402. The first-order valence-corrected chi connectivity index (χ1v) is 5.35. The van der Waals surface area contributed by atoms with Crippen molar-refractivity contribution in [1.29, 1.82) is 0 Å². The summed E-state index contributed by atoms with van der Waals surface area (Å²) in [6.45, 7) is 1.96. The molecule has 70 valence electrons. The molecule has 1 heterocycles. The highest BCUT2D eigenvalue weighted by Crippen LogP contribution is 2.28. The van der Waals surface area contributed by atoms with Crippen molar-refractivity contribution in [2.75, 3.05) is 4.90 Å². The van der Waals surface area contributed by atoms with Crippen LogP contribution in [0.25, 0.3) is 0 Å². The van der Waals surface area contributed by atoms with Crippen molar-refractivity contribution in [3.63, 3.8) is 0 Å². The fraction of sp³-hybridized carbons (Fsp3) is 0.556. The number of hydrogen-bond donors (Lipinski definition) is 0. The van der Waals surface area contributed by atoms with Crippen molar-refractivity contribution >= 4 is 23.6 Å². The Morgan fingerprint density at radius 1 is 1.69 bits per heavy atom. The minimum absolute atomic E-state index is 0.402. The summed E-state index contributed by atoms with van der Waals surface area (Å²) in [7, 11) is 0. The van der Waals surface area contributed by atoms with Crippen LogP contribution in [0.5, 0.6) is 0 Å². The highest BCUT2D eigenvalue weighted by atomic mass is 32.1. The Bertz CT molecular complexity index is 306. The van der Waals surface area contributed by atoms with E-state index in [2.05, 4.69) is 4.98 Å². The molecule has 1 saturated carbocycles. The van der Waals surface area contributed by atoms with Gasteiger partial charge in [0.05, 0.1) is 5.01 Å². The normalized spacial score (nSPS) is 16.7. The second kappa shape index (κ2) is 3.46. The number of hydrogen-bond acceptors (Lipinski definition) is 3. The van der Waals surface area contributed by atoms with Crippen molar-refractivity contribution in [2.24, 2.45) is 0 Å². The summed E-state index contributed by atoms with van der Waals surface area (Å²) in [4.78, 5) is 16.9. The van der Waals surface area contributed by atoms with Crippen LogP contribution >= 0.6 is 11.3 Å². The molecule has 0 aromatic carbocycles. The van der Waals surface area contributed by atoms with E-state index < -0.39 is 0 Å². The molecule has 1 amide bonds. The Balaban J connectivity index is 2.15. The molecule has 1 fully saturated rings. The molecule has 0 saturated heterocycles. The Hall–Kier alpha value is -0.900. The first kappa shape index (κ1) is 8.69. The van der Waals surface area contributed by atoms with Crippen LogP contribution in [0.2, 0.25) is 0 Å². The van der Waals surface area contributed by atoms with Crippen molar-refractivity contribution in [3.05, 3.63) is 10.4 Å². The van der Waals surface area contributed by atoms with Crippen LogP contribution < -0.4 is 4.90 Å². The maximum Gasteiger partial charge on any atom is 0.215 e. The van der Waals surface area contributed by atoms with Crippen molar-refractivity contribution in [2.45, 2.75) is 32.2 Å². The third-order valence-electron chi connectivity index (χ3n) is 2.45. The molecule has 0 bridgehead atoms. The van der Waals surface area contributed by atoms with E-state index in [4.69, 9.17) is 0 Å². The van der Waals surface area contributed by atoms with E-state index in [1.54, 1.807) is 16.2 Å². The van der Waals surface area contributed by atoms with E-state index in [1.165, 1.54) is 6.42 Å². The van der Waals surface area contributed by atoms with Gasteiger partial charge in [0, 0.05) is 11.4 Å². The quantitative estimate of drug-likeness (QED) is 0.692. The molecule has 13 heavy (non-hydrogen) atoms. The average molecular weight is 196 g/mol. The number of aryl methyl sites for hydroxylation is 1. The van der Waals surface area contributed by atoms with Gasteiger partial charge in [0.1, 0.15) is 5.82 Å². The van der Waals surface area contributed by atoms with Gasteiger partial charge in [0.25, 0.3) is 0 Å². The topological polar surface area (TPSA) is 33.2 Å². The lowest BCUT2D eigenvalue weighted by atomic mass is 9.92. The molecule has 2 rings (SSSR count). The molecule has 3 nitrogen and oxygen atoms in total. The minimum Gasteiger partial charge on any atom is -0.296 e. The van der Waals surface area contributed by atoms with Crippen LogP contribution in [0, 0.1) is 6.92 Å². The van der Waals surface area contributed by atoms with Gasteiger partial charge in [-0.05, 0) is 26.2 Å². The zero-order valence-corrected chi connectivity index (χ0v) is 8.38. The Morgan fingerprint density at radius 3 is 2.85 bits per heavy atom. The van der Waals surface area contributed by atoms with Crippen molar-refractivity contribution < 1.29 is 4.79 Å². The SMILES string of the molecule is Cc1nc(N(C=O)C2CCC2)cs1. The third kappa shape index (κ3) is 1.58. The van der Waals surface area contributed by atoms with E-state index in [0.717, 1.165) is 30.1 Å². The maximum absolute atomic E-state index is 10.8. The van der Waals surface area contributed by atoms with E-state index in [9.17, 15) is 4.79 Å². The highest BCUT2D eigenvalue weighted by Gasteiger charge is 2.25. The van der Waals surface area contributed by atoms with Gasteiger partial charge < -0.3 is 0 Å². The summed E-state index contributed by atoms with van der Waals surface area (Å²) < 4.78 is 0. The molecule has 4 heteroatoms. The number of aromatic nitrogens is 1. The van der Waals surface area contributed by atoms with Gasteiger partial charge in [-0.15, -0.1) is 11.3 Å². The van der Waals surface area contributed by atoms with Crippen molar-refractivity contribution in [1.82, 2.24) is 4.98 Å². The second-order valence-corrected chi connectivity index (χ2v) is 4.38. The van der Waals surface area contributed by atoms with Crippen LogP contribution in [0.1, 0.15) is 24.3 Å². The number of carbonyl (C=O) groups is 1. The molecule has 1 aromatic heterocycles. The zero-order chi connectivity index (χ0) is 9.26. The van der Waals surface area contributed by atoms with E-state index in [-0.39, 0.29) is 0 Å². The molecule has 0 unspecified atom stereocenters. The summed E-state index contributed by atoms with van der Waals surface area (Å²) in [6.07, 6.45) is 4.38. The molecular formula is C9H12N2OS. The lowest BCUT2D eigenvalue weighted by molar-refractivity contribution is -0.108. The molecular weight excluding hydrogens is 184 g/mol. The predicted octanol–water partition coefficient (Wildman–Crippen LogP) is 1.97. The molecule has 0 spiro atoms. The van der Waals surface area contributed by atoms with Gasteiger partial charge in [0.2, 0.25) is 6.41 Å². The highest BCUT2D eigenvalue weighted by molar-refractivity contribution is 7.09. The summed E-state index contributed by atoms with van der Waals surface area (Å²) in [5.74, 6) is 0.821. The third-order valence-corrected chi connectivity index (χ3v) is 3.21. The second-order valence-electron chi connectivity index (χ2n) is 3.32. The van der Waals surface area contributed by atoms with Crippen molar-refractivity contribution in [3.8, 4) is 0 Å². The zero-order valence-electron chi connectivity index (χ0n) is 7.56. The van der Waals surface area contributed by atoms with Crippen LogP contribution in [0.3, 0.4) is 0 Å². The Morgan fingerprint density at radius 2 is 2.46 bits per heavy atom. The van der Waals surface area contributed by atoms with Gasteiger partial charge in [-0.1, -0.05) is 0 Å². The monoisotopic (exact) mass is 196 g/mol. The van der Waals surface area contributed by atoms with E-state index in [1.807, 2.05) is 12.3 Å². The Kier molecular flexibility index (Phi) is 2.31. The molecule has 1 aliphatic rings. The molecule has 1 aromatic rings. The fourth-order valence-electron chi connectivity index (χ4n) is 1.46. The first-order chi connectivity index (χ1) is 6.31. The number of anilines is 1. The van der Waals surface area contributed by atoms with Gasteiger partial charge in [-0.2, -0.15) is 0 Å². The summed E-state index contributed by atoms with van der Waals surface area (Å²) >= 11 is 1.59. The van der Waals surface area contributed by atoms with Gasteiger partial charge in [-0.3, -0.25) is 9.69 Å². The predicted molar refractivity (Wildman–Crippen MR) is 53.0 cm³/mol. The lowest BCUT2D eigenvalue weighted by Crippen LogP contribution is -2.39. The van der Waals surface area contributed by atoms with E-state index in [0.29, 0.717) is 6.04 Å². The van der Waals surface area contributed by atoms with Crippen LogP contribution in [-0.4, -0.2) is 17.4 Å². The van der Waals surface area contributed by atoms with Gasteiger partial charge in [-0.25, -0.2) is 4.98 Å². The maximum atomic E-state index is 10.8. The fourth-order valence-corrected chi connectivity index (χ4v) is 2.06. The Labute approximate surface area is 81.4 Å². The smallest absolute Gasteiger partial charge is 0.215 e. The molecule has 0 radical (unpaired) electrons. The van der Waals surface area contributed by atoms with Crippen LogP contribution in [0.4, 0.5) is 5.82 Å². The standard InChI is InChI=1S/C9H12N2OS/c1-7-10-9(5-13-7)11(6-12)8-3-2-4-8/h5-6,8H,2-4H2,1H3. The van der Waals surface area contributed by atoms with Crippen LogP contribution in [0.15, 0.2) is 5.38 Å². The van der Waals surface area contributed by atoms with Crippen LogP contribution in [-0.2, 0) is 4.79 Å². The number of nitrogens with zero attached hydrogens (tertiary/aromatic N) is 2. The average Bonchev–Trinajstić information content (AvgIpc) is 2.43. The molecule has 0 aliphatic heterocycles. The number of carbonyl (C=O) groups excluding carboxylic acids is 1. The largest absolute Gasteiger partial charge is 0.296 e. The summed E-state index contributed by atoms with van der Waals surface area (Å²) in [5, 5.41) is 2.96. The van der Waals surface area contributed by atoms with Gasteiger partial charge in [0.15, 0.2) is 0 Å². The molecule has 0 atom stereocenters. The first-order valence-electron chi connectivity index (χ1n) is 4.47. The molecule has 0 N–H and O–H groups in total. The van der Waals surface area contributed by atoms with E-state index >= 15 is 0 Å². The number of rotatable bonds is 3. The van der Waals surface area contributed by atoms with Gasteiger partial charge >= 0.3 is 0 Å².